The molecule has 100 valence electrons. The summed E-state index contributed by atoms with van der Waals surface area (Å²) in [5, 5.41) is 5.78. The minimum absolute atomic E-state index is 0.153. The van der Waals surface area contributed by atoms with E-state index >= 15 is 0 Å². The van der Waals surface area contributed by atoms with E-state index < -0.39 is 0 Å². The second kappa shape index (κ2) is 5.71. The van der Waals surface area contributed by atoms with Gasteiger partial charge < -0.3 is 9.73 Å². The molecule has 2 N–H and O–H groups in total. The predicted molar refractivity (Wildman–Crippen MR) is 72.6 cm³/mol. The highest BCUT2D eigenvalue weighted by Crippen LogP contribution is 2.16. The number of carbonyl (C=O) groups excluding carboxylic acids is 1. The van der Waals surface area contributed by atoms with Crippen molar-refractivity contribution in [2.75, 3.05) is 17.2 Å². The van der Waals surface area contributed by atoms with E-state index in [0.29, 0.717) is 23.6 Å². The fourth-order valence-corrected chi connectivity index (χ4v) is 1.69. The fourth-order valence-electron chi connectivity index (χ4n) is 1.48. The summed E-state index contributed by atoms with van der Waals surface area (Å²) in [4.78, 5) is 20.1. The molecule has 0 fully saturated rings. The van der Waals surface area contributed by atoms with Gasteiger partial charge in [-0.25, -0.2) is 4.98 Å². The molecule has 0 radical (unpaired) electrons. The Morgan fingerprint density at radius 3 is 2.84 bits per heavy atom. The molecule has 0 unspecified atom stereocenters. The first-order valence-corrected chi connectivity index (χ1v) is 6.11. The number of carbonyl (C=O) groups is 1. The molecule has 0 bridgehead atoms. The molecule has 19 heavy (non-hydrogen) atoms. The van der Waals surface area contributed by atoms with Crippen molar-refractivity contribution in [1.82, 2.24) is 9.97 Å². The number of hydrogen-bond acceptors (Lipinski definition) is 5. The van der Waals surface area contributed by atoms with Crippen LogP contribution in [0.2, 0.25) is 5.15 Å². The molecule has 0 aromatic carbocycles. The molecule has 6 nitrogen and oxygen atoms in total. The number of nitrogens with one attached hydrogen (secondary N) is 2. The number of amides is 1. The van der Waals surface area contributed by atoms with Crippen LogP contribution in [0.15, 0.2) is 22.8 Å². The molecule has 0 aliphatic rings. The topological polar surface area (TPSA) is 80.0 Å². The maximum absolute atomic E-state index is 12.0. The molecule has 0 atom stereocenters. The Kier molecular flexibility index (Phi) is 4.01. The molecule has 1 amide bonds. The van der Waals surface area contributed by atoms with Gasteiger partial charge in [0.15, 0.2) is 0 Å². The highest BCUT2D eigenvalue weighted by molar-refractivity contribution is 6.30. The summed E-state index contributed by atoms with van der Waals surface area (Å²) in [5.74, 6) is 0.189. The lowest BCUT2D eigenvalue weighted by molar-refractivity contribution is 0.102. The van der Waals surface area contributed by atoms with Gasteiger partial charge in [0.1, 0.15) is 17.2 Å². The van der Waals surface area contributed by atoms with Crippen LogP contribution in [0.25, 0.3) is 0 Å². The Hall–Kier alpha value is -2.08. The number of halogens is 1. The second-order valence-corrected chi connectivity index (χ2v) is 4.23. The Morgan fingerprint density at radius 2 is 2.21 bits per heavy atom. The van der Waals surface area contributed by atoms with E-state index in [1.807, 2.05) is 6.92 Å². The Morgan fingerprint density at radius 1 is 1.42 bits per heavy atom. The molecule has 0 saturated carbocycles. The van der Waals surface area contributed by atoms with Crippen LogP contribution >= 0.6 is 11.6 Å². The van der Waals surface area contributed by atoms with Gasteiger partial charge in [-0.1, -0.05) is 11.6 Å². The summed E-state index contributed by atoms with van der Waals surface area (Å²) in [6, 6.07) is 3.24. The van der Waals surface area contributed by atoms with Crippen molar-refractivity contribution in [2.45, 2.75) is 13.8 Å². The Balaban J connectivity index is 2.18. The third-order valence-electron chi connectivity index (χ3n) is 2.25. The highest BCUT2D eigenvalue weighted by Gasteiger charge is 2.12. The largest absolute Gasteiger partial charge is 0.432 e. The van der Waals surface area contributed by atoms with Crippen LogP contribution in [0, 0.1) is 6.92 Å². The smallest absolute Gasteiger partial charge is 0.301 e. The molecule has 2 aromatic heterocycles. The van der Waals surface area contributed by atoms with Crippen molar-refractivity contribution in [3.63, 3.8) is 0 Å². The molecule has 0 aliphatic heterocycles. The summed E-state index contributed by atoms with van der Waals surface area (Å²) >= 11 is 5.87. The van der Waals surface area contributed by atoms with Gasteiger partial charge >= 0.3 is 6.01 Å². The standard InChI is InChI=1S/C12H13ClN4O2/c1-3-14-10-5-8(4-9(13)16-10)11(18)17-12-15-7(2)6-19-12/h4-6H,3H2,1-2H3,(H,14,16)(H,15,17,18). The first kappa shape index (κ1) is 13.4. The van der Waals surface area contributed by atoms with Crippen molar-refractivity contribution in [3.05, 3.63) is 34.8 Å². The van der Waals surface area contributed by atoms with E-state index in [4.69, 9.17) is 16.0 Å². The van der Waals surface area contributed by atoms with Crippen LogP contribution in [0.5, 0.6) is 0 Å². The number of nitrogens with zero attached hydrogens (tertiary/aromatic N) is 2. The quantitative estimate of drug-likeness (QED) is 0.842. The van der Waals surface area contributed by atoms with E-state index in [0.717, 1.165) is 0 Å². The number of oxazole rings is 1. The van der Waals surface area contributed by atoms with Crippen LogP contribution in [0.1, 0.15) is 23.0 Å². The first-order chi connectivity index (χ1) is 9.08. The van der Waals surface area contributed by atoms with Crippen molar-refractivity contribution in [1.29, 1.82) is 0 Å². The van der Waals surface area contributed by atoms with Gasteiger partial charge in [0.05, 0.1) is 5.69 Å². The summed E-state index contributed by atoms with van der Waals surface area (Å²) in [5.41, 5.74) is 1.07. The number of aromatic nitrogens is 2. The predicted octanol–water partition coefficient (Wildman–Crippen LogP) is 2.72. The minimum atomic E-state index is -0.356. The van der Waals surface area contributed by atoms with Gasteiger partial charge in [0.25, 0.3) is 5.91 Å². The van der Waals surface area contributed by atoms with Crippen LogP contribution in [0.3, 0.4) is 0 Å². The molecule has 0 saturated heterocycles. The van der Waals surface area contributed by atoms with Crippen molar-refractivity contribution in [3.8, 4) is 0 Å². The van der Waals surface area contributed by atoms with Crippen LogP contribution in [0.4, 0.5) is 11.8 Å². The normalized spacial score (nSPS) is 10.3. The van der Waals surface area contributed by atoms with E-state index in [1.165, 1.54) is 12.3 Å². The summed E-state index contributed by atoms with van der Waals surface area (Å²) < 4.78 is 5.06. The lowest BCUT2D eigenvalue weighted by Crippen LogP contribution is -2.13. The molecule has 0 aliphatic carbocycles. The number of hydrogen-bond donors (Lipinski definition) is 2. The third-order valence-corrected chi connectivity index (χ3v) is 2.45. The van der Waals surface area contributed by atoms with Gasteiger partial charge in [-0.15, -0.1) is 0 Å². The number of aryl methyl sites for hydroxylation is 1. The Labute approximate surface area is 115 Å². The molecular weight excluding hydrogens is 268 g/mol. The van der Waals surface area contributed by atoms with Crippen LogP contribution in [-0.2, 0) is 0 Å². The zero-order chi connectivity index (χ0) is 13.8. The number of pyridine rings is 1. The van der Waals surface area contributed by atoms with Gasteiger partial charge in [0, 0.05) is 12.1 Å². The fraction of sp³-hybridized carbons (Fsp3) is 0.250. The van der Waals surface area contributed by atoms with Crippen molar-refractivity contribution >= 4 is 29.3 Å². The molecular formula is C12H13ClN4O2. The average Bonchev–Trinajstić information content (AvgIpc) is 2.74. The van der Waals surface area contributed by atoms with E-state index in [-0.39, 0.29) is 17.1 Å². The molecule has 0 spiro atoms. The maximum Gasteiger partial charge on any atom is 0.301 e. The Bertz CT molecular complexity index is 597. The summed E-state index contributed by atoms with van der Waals surface area (Å²) in [6.45, 7) is 4.39. The lowest BCUT2D eigenvalue weighted by Gasteiger charge is -2.06. The molecule has 2 heterocycles. The average molecular weight is 281 g/mol. The number of rotatable bonds is 4. The van der Waals surface area contributed by atoms with E-state index in [9.17, 15) is 4.79 Å². The monoisotopic (exact) mass is 280 g/mol. The zero-order valence-corrected chi connectivity index (χ0v) is 11.3. The maximum atomic E-state index is 12.0. The van der Waals surface area contributed by atoms with Gasteiger partial charge in [-0.2, -0.15) is 4.98 Å². The highest BCUT2D eigenvalue weighted by atomic mass is 35.5. The van der Waals surface area contributed by atoms with E-state index in [2.05, 4.69) is 20.6 Å². The van der Waals surface area contributed by atoms with Gasteiger partial charge in [0.2, 0.25) is 0 Å². The molecule has 2 aromatic rings. The van der Waals surface area contributed by atoms with Crippen molar-refractivity contribution < 1.29 is 9.21 Å². The van der Waals surface area contributed by atoms with Crippen LogP contribution < -0.4 is 10.6 Å². The second-order valence-electron chi connectivity index (χ2n) is 3.84. The minimum Gasteiger partial charge on any atom is -0.432 e. The van der Waals surface area contributed by atoms with Gasteiger partial charge in [-0.3, -0.25) is 10.1 Å². The van der Waals surface area contributed by atoms with E-state index in [1.54, 1.807) is 13.0 Å². The summed E-state index contributed by atoms with van der Waals surface area (Å²) in [6.07, 6.45) is 1.46. The summed E-state index contributed by atoms with van der Waals surface area (Å²) in [7, 11) is 0. The van der Waals surface area contributed by atoms with Gasteiger partial charge in [-0.05, 0) is 26.0 Å². The number of anilines is 2. The first-order valence-electron chi connectivity index (χ1n) is 5.73. The third kappa shape index (κ3) is 3.45. The molecule has 2 rings (SSSR count). The zero-order valence-electron chi connectivity index (χ0n) is 10.5. The molecule has 7 heteroatoms. The lowest BCUT2D eigenvalue weighted by atomic mass is 10.2. The SMILES string of the molecule is CCNc1cc(C(=O)Nc2nc(C)co2)cc(Cl)n1. The van der Waals surface area contributed by atoms with Crippen molar-refractivity contribution in [2.24, 2.45) is 0 Å². The van der Waals surface area contributed by atoms with Crippen LogP contribution in [-0.4, -0.2) is 22.4 Å².